The second kappa shape index (κ2) is 7.76. The van der Waals surface area contributed by atoms with Crippen LogP contribution >= 0.6 is 0 Å². The third-order valence-electron chi connectivity index (χ3n) is 4.90. The van der Waals surface area contributed by atoms with Gasteiger partial charge in [-0.05, 0) is 30.7 Å². The normalized spacial score (nSPS) is 13.9. The van der Waals surface area contributed by atoms with Gasteiger partial charge in [-0.1, -0.05) is 12.1 Å². The molecule has 2 N–H and O–H groups in total. The summed E-state index contributed by atoms with van der Waals surface area (Å²) < 4.78 is 36.5. The van der Waals surface area contributed by atoms with Gasteiger partial charge in [-0.3, -0.25) is 9.40 Å². The maximum absolute atomic E-state index is 13.0. The minimum Gasteiger partial charge on any atom is -0.383 e. The van der Waals surface area contributed by atoms with Crippen molar-refractivity contribution in [3.05, 3.63) is 60.7 Å². The van der Waals surface area contributed by atoms with E-state index >= 15 is 0 Å². The van der Waals surface area contributed by atoms with Crippen molar-refractivity contribution >= 4 is 26.6 Å². The number of anilines is 1. The Balaban J connectivity index is 1.65. The molecule has 3 heterocycles. The Morgan fingerprint density at radius 2 is 2.03 bits per heavy atom. The Morgan fingerprint density at radius 1 is 1.23 bits per heavy atom. The molecule has 0 aliphatic heterocycles. The summed E-state index contributed by atoms with van der Waals surface area (Å²) in [5.74, 6) is 0.365. The quantitative estimate of drug-likeness (QED) is 0.447. The van der Waals surface area contributed by atoms with E-state index in [0.29, 0.717) is 22.6 Å². The minimum atomic E-state index is -3.91. The van der Waals surface area contributed by atoms with Gasteiger partial charge in [0.15, 0.2) is 5.82 Å². The van der Waals surface area contributed by atoms with Gasteiger partial charge in [0.2, 0.25) is 0 Å². The van der Waals surface area contributed by atoms with Crippen LogP contribution in [0.3, 0.4) is 0 Å². The second-order valence-electron chi connectivity index (χ2n) is 7.35. The molecule has 4 rings (SSSR count). The predicted octanol–water partition coefficient (Wildman–Crippen LogP) is 1.81. The number of hydrogen-bond donors (Lipinski definition) is 2. The Morgan fingerprint density at radius 3 is 2.81 bits per heavy atom. The summed E-state index contributed by atoms with van der Waals surface area (Å²) in [6, 6.07) is 8.59. The van der Waals surface area contributed by atoms with E-state index in [2.05, 4.69) is 19.9 Å². The molecular formula is C20H22N6O4S. The lowest BCUT2D eigenvalue weighted by atomic mass is 9.98. The Bertz CT molecular complexity index is 1340. The van der Waals surface area contributed by atoms with Gasteiger partial charge in [-0.25, -0.2) is 18.1 Å². The van der Waals surface area contributed by atoms with Gasteiger partial charge in [-0.15, -0.1) is 0 Å². The lowest BCUT2D eigenvalue weighted by Gasteiger charge is -2.22. The smallest absolute Gasteiger partial charge is 0.265 e. The number of pyridine rings is 1. The van der Waals surface area contributed by atoms with Crippen molar-refractivity contribution in [2.24, 2.45) is 7.05 Å². The standard InChI is InChI=1S/C20H22N6O4S/c1-20(27,13-30-3)15-7-8-21-18(9-15)26-12-16(11-23-26)31(28,29)24-17-6-4-5-14-10-22-25(2)19(14)17/h4-12,24,27H,13H2,1-3H3/t20-/m0/s1. The van der Waals surface area contributed by atoms with Crippen molar-refractivity contribution in [2.45, 2.75) is 17.4 Å². The molecule has 0 bridgehead atoms. The van der Waals surface area contributed by atoms with E-state index in [0.717, 1.165) is 5.39 Å². The molecule has 0 spiro atoms. The number of para-hydroxylation sites is 1. The van der Waals surface area contributed by atoms with Gasteiger partial charge < -0.3 is 9.84 Å². The highest BCUT2D eigenvalue weighted by atomic mass is 32.2. The highest BCUT2D eigenvalue weighted by Gasteiger charge is 2.24. The highest BCUT2D eigenvalue weighted by Crippen LogP contribution is 2.26. The summed E-state index contributed by atoms with van der Waals surface area (Å²) >= 11 is 0. The second-order valence-corrected chi connectivity index (χ2v) is 9.03. The maximum Gasteiger partial charge on any atom is 0.265 e. The first-order chi connectivity index (χ1) is 14.7. The van der Waals surface area contributed by atoms with Crippen LogP contribution in [0.4, 0.5) is 5.69 Å². The van der Waals surface area contributed by atoms with E-state index in [4.69, 9.17) is 4.74 Å². The molecule has 31 heavy (non-hydrogen) atoms. The van der Waals surface area contributed by atoms with Crippen molar-refractivity contribution in [3.63, 3.8) is 0 Å². The van der Waals surface area contributed by atoms with Crippen molar-refractivity contribution < 1.29 is 18.3 Å². The first-order valence-electron chi connectivity index (χ1n) is 9.38. The SMILES string of the molecule is COC[C@](C)(O)c1ccnc(-n2cc(S(=O)(=O)Nc3cccc4cnn(C)c34)cn2)c1. The first kappa shape index (κ1) is 21.0. The van der Waals surface area contributed by atoms with Gasteiger partial charge in [0.05, 0.1) is 36.4 Å². The topological polar surface area (TPSA) is 124 Å². The van der Waals surface area contributed by atoms with Crippen LogP contribution in [0.1, 0.15) is 12.5 Å². The molecule has 3 aromatic heterocycles. The number of aliphatic hydroxyl groups is 1. The zero-order chi connectivity index (χ0) is 22.2. The van der Waals surface area contributed by atoms with Gasteiger partial charge in [0.1, 0.15) is 10.5 Å². The summed E-state index contributed by atoms with van der Waals surface area (Å²) in [5.41, 5.74) is 0.437. The number of sulfonamides is 1. The number of ether oxygens (including phenoxy) is 1. The number of fused-ring (bicyclic) bond motifs is 1. The summed E-state index contributed by atoms with van der Waals surface area (Å²) in [6.45, 7) is 1.72. The van der Waals surface area contributed by atoms with E-state index in [9.17, 15) is 13.5 Å². The monoisotopic (exact) mass is 442 g/mol. The first-order valence-corrected chi connectivity index (χ1v) is 10.9. The van der Waals surface area contributed by atoms with Crippen molar-refractivity contribution in [3.8, 4) is 5.82 Å². The minimum absolute atomic E-state index is 0.0254. The van der Waals surface area contributed by atoms with E-state index in [1.807, 2.05) is 6.07 Å². The molecule has 0 aliphatic rings. The van der Waals surface area contributed by atoms with Gasteiger partial charge >= 0.3 is 0 Å². The van der Waals surface area contributed by atoms with Crippen LogP contribution in [-0.4, -0.2) is 51.8 Å². The van der Waals surface area contributed by atoms with E-state index in [1.165, 1.54) is 30.4 Å². The van der Waals surface area contributed by atoms with Gasteiger partial charge in [-0.2, -0.15) is 10.2 Å². The van der Waals surface area contributed by atoms with Crippen LogP contribution in [0.15, 0.2) is 60.0 Å². The average molecular weight is 443 g/mol. The number of nitrogens with one attached hydrogen (secondary N) is 1. The lowest BCUT2D eigenvalue weighted by molar-refractivity contribution is -0.0208. The zero-order valence-corrected chi connectivity index (χ0v) is 18.0. The molecule has 162 valence electrons. The number of aromatic nitrogens is 5. The van der Waals surface area contributed by atoms with Gasteiger partial charge in [0, 0.05) is 25.7 Å². The molecule has 0 radical (unpaired) electrons. The molecule has 4 aromatic rings. The number of nitrogens with zero attached hydrogens (tertiary/aromatic N) is 5. The summed E-state index contributed by atoms with van der Waals surface area (Å²) in [4.78, 5) is 4.20. The van der Waals surface area contributed by atoms with Crippen LogP contribution in [0.5, 0.6) is 0 Å². The molecule has 1 atom stereocenters. The zero-order valence-electron chi connectivity index (χ0n) is 17.2. The third kappa shape index (κ3) is 4.02. The molecule has 0 aliphatic carbocycles. The van der Waals surface area contributed by atoms with E-state index < -0.39 is 15.6 Å². The number of hydrogen-bond acceptors (Lipinski definition) is 7. The average Bonchev–Trinajstić information content (AvgIpc) is 3.37. The van der Waals surface area contributed by atoms with Crippen molar-refractivity contribution in [1.29, 1.82) is 0 Å². The van der Waals surface area contributed by atoms with Crippen molar-refractivity contribution in [1.82, 2.24) is 24.5 Å². The predicted molar refractivity (Wildman–Crippen MR) is 114 cm³/mol. The number of aryl methyl sites for hydroxylation is 1. The van der Waals surface area contributed by atoms with Gasteiger partial charge in [0.25, 0.3) is 10.0 Å². The Kier molecular flexibility index (Phi) is 5.25. The van der Waals surface area contributed by atoms with Crippen molar-refractivity contribution in [2.75, 3.05) is 18.4 Å². The molecule has 0 saturated heterocycles. The molecule has 10 nitrogen and oxygen atoms in total. The third-order valence-corrected chi connectivity index (χ3v) is 6.22. The molecule has 1 aromatic carbocycles. The molecule has 11 heteroatoms. The van der Waals surface area contributed by atoms with Crippen LogP contribution in [0, 0.1) is 0 Å². The fraction of sp³-hybridized carbons (Fsp3) is 0.250. The lowest BCUT2D eigenvalue weighted by Crippen LogP contribution is -2.27. The molecule has 0 saturated carbocycles. The molecule has 0 unspecified atom stereocenters. The Labute approximate surface area is 179 Å². The van der Waals surface area contributed by atoms with Crippen LogP contribution < -0.4 is 4.72 Å². The highest BCUT2D eigenvalue weighted by molar-refractivity contribution is 7.92. The molecule has 0 fully saturated rings. The Hall–Kier alpha value is -3.28. The summed E-state index contributed by atoms with van der Waals surface area (Å²) in [6.07, 6.45) is 5.80. The van der Waals surface area contributed by atoms with Crippen LogP contribution in [-0.2, 0) is 27.4 Å². The largest absolute Gasteiger partial charge is 0.383 e. The van der Waals surface area contributed by atoms with E-state index in [1.54, 1.807) is 49.1 Å². The fourth-order valence-corrected chi connectivity index (χ4v) is 4.33. The summed E-state index contributed by atoms with van der Waals surface area (Å²) in [7, 11) is -0.660. The number of rotatable bonds is 7. The number of methoxy groups -OCH3 is 1. The molecule has 0 amide bonds. The molecular weight excluding hydrogens is 420 g/mol. The summed E-state index contributed by atoms with van der Waals surface area (Å²) in [5, 5.41) is 19.7. The number of benzene rings is 1. The van der Waals surface area contributed by atoms with Crippen LogP contribution in [0.25, 0.3) is 16.7 Å². The van der Waals surface area contributed by atoms with Crippen LogP contribution in [0.2, 0.25) is 0 Å². The fourth-order valence-electron chi connectivity index (χ4n) is 3.33. The van der Waals surface area contributed by atoms with E-state index in [-0.39, 0.29) is 11.5 Å². The maximum atomic E-state index is 13.0.